The molecule has 2 aliphatic heterocycles. The summed E-state index contributed by atoms with van der Waals surface area (Å²) in [7, 11) is 0. The molecule has 7 heteroatoms. The van der Waals surface area contributed by atoms with E-state index in [4.69, 9.17) is 10.1 Å². The summed E-state index contributed by atoms with van der Waals surface area (Å²) in [6, 6.07) is 13.4. The van der Waals surface area contributed by atoms with E-state index in [2.05, 4.69) is 63.5 Å². The Morgan fingerprint density at radius 1 is 1.19 bits per heavy atom. The van der Waals surface area contributed by atoms with Crippen molar-refractivity contribution in [1.82, 2.24) is 19.9 Å². The summed E-state index contributed by atoms with van der Waals surface area (Å²) in [5.41, 5.74) is 7.10. The number of aliphatic carboxylic acids is 1. The van der Waals surface area contributed by atoms with Gasteiger partial charge in [0.2, 0.25) is 0 Å². The highest BCUT2D eigenvalue weighted by molar-refractivity contribution is 5.66. The van der Waals surface area contributed by atoms with Gasteiger partial charge in [0.15, 0.2) is 0 Å². The van der Waals surface area contributed by atoms with Gasteiger partial charge in [-0.1, -0.05) is 24.3 Å². The molecule has 3 N–H and O–H groups in total. The number of rotatable bonds is 9. The van der Waals surface area contributed by atoms with Crippen LogP contribution >= 0.6 is 0 Å². The molecule has 4 heterocycles. The Balaban J connectivity index is 1.40. The number of anilines is 1. The van der Waals surface area contributed by atoms with E-state index < -0.39 is 5.97 Å². The zero-order valence-corrected chi connectivity index (χ0v) is 21.4. The van der Waals surface area contributed by atoms with Gasteiger partial charge >= 0.3 is 5.97 Å². The predicted octanol–water partition coefficient (Wildman–Crippen LogP) is 4.89. The molecule has 2 aliphatic rings. The number of likely N-dealkylation sites (tertiary alicyclic amines) is 1. The monoisotopic (exact) mass is 487 g/mol. The van der Waals surface area contributed by atoms with Crippen LogP contribution in [0.15, 0.2) is 36.4 Å². The summed E-state index contributed by atoms with van der Waals surface area (Å²) in [5.74, 6) is 1.27. The van der Waals surface area contributed by atoms with Crippen molar-refractivity contribution in [1.29, 1.82) is 0 Å². The van der Waals surface area contributed by atoms with Gasteiger partial charge in [-0.3, -0.25) is 4.79 Å². The zero-order chi connectivity index (χ0) is 25.1. The number of carboxylic acids is 1. The Morgan fingerprint density at radius 3 is 2.89 bits per heavy atom. The molecule has 0 spiro atoms. The maximum absolute atomic E-state index is 11.0. The first kappa shape index (κ1) is 24.5. The van der Waals surface area contributed by atoms with Crippen LogP contribution in [0.25, 0.3) is 11.3 Å². The van der Waals surface area contributed by atoms with Gasteiger partial charge in [0, 0.05) is 36.2 Å². The van der Waals surface area contributed by atoms with Crippen molar-refractivity contribution in [3.05, 3.63) is 64.7 Å². The SMILES string of the molecule is Cc1nc(C)c(-c2cccc(C3(CCc4ccc5c(n4)NCCC5)CCN(CCCC(=O)O)C3)c2)[nH]1. The van der Waals surface area contributed by atoms with Gasteiger partial charge < -0.3 is 20.3 Å². The third-order valence-corrected chi connectivity index (χ3v) is 7.88. The number of benzene rings is 1. The minimum Gasteiger partial charge on any atom is -0.481 e. The molecule has 2 aromatic heterocycles. The second-order valence-electron chi connectivity index (χ2n) is 10.5. The van der Waals surface area contributed by atoms with E-state index in [1.54, 1.807) is 0 Å². The first-order valence-electron chi connectivity index (χ1n) is 13.2. The standard InChI is InChI=1S/C29H37N5O2/c1-20-27(32-21(2)31-20)23-6-3-8-24(18-23)29(14-17-34(19-29)16-5-9-26(35)36)13-12-25-11-10-22-7-4-15-30-28(22)33-25/h3,6,8,10-11,18H,4-5,7,9,12-17,19H2,1-2H3,(H,30,33)(H,31,32)(H,35,36). The average molecular weight is 488 g/mol. The summed E-state index contributed by atoms with van der Waals surface area (Å²) in [6.07, 6.45) is 6.18. The number of hydrogen-bond donors (Lipinski definition) is 3. The lowest BCUT2D eigenvalue weighted by atomic mass is 9.75. The van der Waals surface area contributed by atoms with Crippen LogP contribution in [0.5, 0.6) is 0 Å². The minimum absolute atomic E-state index is 0.00716. The number of aromatic amines is 1. The molecule has 1 unspecified atom stereocenters. The molecule has 0 radical (unpaired) electrons. The van der Waals surface area contributed by atoms with Crippen LogP contribution in [-0.2, 0) is 23.1 Å². The molecule has 0 amide bonds. The van der Waals surface area contributed by atoms with E-state index in [1.807, 2.05) is 6.92 Å². The molecule has 1 fully saturated rings. The van der Waals surface area contributed by atoms with E-state index in [1.165, 1.54) is 23.1 Å². The second kappa shape index (κ2) is 10.4. The van der Waals surface area contributed by atoms with Crippen LogP contribution in [0, 0.1) is 13.8 Å². The van der Waals surface area contributed by atoms with Crippen molar-refractivity contribution < 1.29 is 9.90 Å². The highest BCUT2D eigenvalue weighted by Crippen LogP contribution is 2.40. The Labute approximate surface area is 213 Å². The van der Waals surface area contributed by atoms with Gasteiger partial charge in [0.25, 0.3) is 0 Å². The number of carbonyl (C=O) groups is 1. The fourth-order valence-corrected chi connectivity index (χ4v) is 5.95. The summed E-state index contributed by atoms with van der Waals surface area (Å²) < 4.78 is 0. The lowest BCUT2D eigenvalue weighted by Gasteiger charge is -2.31. The van der Waals surface area contributed by atoms with Crippen molar-refractivity contribution in [2.45, 2.75) is 64.2 Å². The maximum atomic E-state index is 11.0. The number of carboxylic acid groups (broad SMARTS) is 1. The lowest BCUT2D eigenvalue weighted by Crippen LogP contribution is -2.32. The molecular weight excluding hydrogens is 450 g/mol. The summed E-state index contributed by atoms with van der Waals surface area (Å²) in [5, 5.41) is 12.6. The number of nitrogens with one attached hydrogen (secondary N) is 2. The first-order valence-corrected chi connectivity index (χ1v) is 13.2. The second-order valence-corrected chi connectivity index (χ2v) is 10.5. The fourth-order valence-electron chi connectivity index (χ4n) is 5.95. The van der Waals surface area contributed by atoms with Crippen LogP contribution in [0.4, 0.5) is 5.82 Å². The minimum atomic E-state index is -0.717. The lowest BCUT2D eigenvalue weighted by molar-refractivity contribution is -0.137. The highest BCUT2D eigenvalue weighted by atomic mass is 16.4. The predicted molar refractivity (Wildman–Crippen MR) is 142 cm³/mol. The normalized spacial score (nSPS) is 19.7. The molecule has 5 rings (SSSR count). The van der Waals surface area contributed by atoms with Crippen LogP contribution < -0.4 is 5.32 Å². The summed E-state index contributed by atoms with van der Waals surface area (Å²) >= 11 is 0. The van der Waals surface area contributed by atoms with Crippen molar-refractivity contribution in [3.8, 4) is 11.3 Å². The molecule has 0 aliphatic carbocycles. The van der Waals surface area contributed by atoms with E-state index in [-0.39, 0.29) is 11.8 Å². The van der Waals surface area contributed by atoms with Gasteiger partial charge in [-0.15, -0.1) is 0 Å². The van der Waals surface area contributed by atoms with Crippen molar-refractivity contribution in [2.75, 3.05) is 31.5 Å². The van der Waals surface area contributed by atoms with E-state index >= 15 is 0 Å². The van der Waals surface area contributed by atoms with Crippen molar-refractivity contribution in [2.24, 2.45) is 0 Å². The van der Waals surface area contributed by atoms with Gasteiger partial charge in [0.05, 0.1) is 11.4 Å². The number of imidazole rings is 1. The number of aromatic nitrogens is 3. The number of fused-ring (bicyclic) bond motifs is 1. The van der Waals surface area contributed by atoms with Crippen LogP contribution in [-0.4, -0.2) is 57.1 Å². The molecule has 0 bridgehead atoms. The fraction of sp³-hybridized carbons (Fsp3) is 0.483. The van der Waals surface area contributed by atoms with E-state index in [9.17, 15) is 4.79 Å². The molecule has 1 aromatic carbocycles. The number of hydrogen-bond acceptors (Lipinski definition) is 5. The van der Waals surface area contributed by atoms with Gasteiger partial charge in [-0.2, -0.15) is 0 Å². The average Bonchev–Trinajstić information content (AvgIpc) is 3.45. The molecule has 1 saturated heterocycles. The van der Waals surface area contributed by atoms with E-state index in [0.29, 0.717) is 6.42 Å². The highest BCUT2D eigenvalue weighted by Gasteiger charge is 2.39. The van der Waals surface area contributed by atoms with Crippen LogP contribution in [0.2, 0.25) is 0 Å². The Bertz CT molecular complexity index is 1240. The maximum Gasteiger partial charge on any atom is 0.303 e. The third kappa shape index (κ3) is 5.31. The summed E-state index contributed by atoms with van der Waals surface area (Å²) in [6.45, 7) is 7.81. The molecule has 1 atom stereocenters. The van der Waals surface area contributed by atoms with Gasteiger partial charge in [-0.25, -0.2) is 9.97 Å². The number of nitrogens with zero attached hydrogens (tertiary/aromatic N) is 3. The van der Waals surface area contributed by atoms with Gasteiger partial charge in [0.1, 0.15) is 11.6 Å². The number of pyridine rings is 1. The first-order chi connectivity index (χ1) is 17.4. The third-order valence-electron chi connectivity index (χ3n) is 7.88. The molecule has 0 saturated carbocycles. The topological polar surface area (TPSA) is 94.1 Å². The molecule has 190 valence electrons. The number of aryl methyl sites for hydroxylation is 4. The van der Waals surface area contributed by atoms with Crippen LogP contribution in [0.3, 0.4) is 0 Å². The Morgan fingerprint density at radius 2 is 2.08 bits per heavy atom. The zero-order valence-electron chi connectivity index (χ0n) is 21.4. The van der Waals surface area contributed by atoms with E-state index in [0.717, 1.165) is 80.6 Å². The smallest absolute Gasteiger partial charge is 0.303 e. The van der Waals surface area contributed by atoms with Crippen molar-refractivity contribution >= 4 is 11.8 Å². The largest absolute Gasteiger partial charge is 0.481 e. The Kier molecular flexibility index (Phi) is 7.10. The van der Waals surface area contributed by atoms with Crippen LogP contribution in [0.1, 0.15) is 60.4 Å². The number of H-pyrrole nitrogens is 1. The molecule has 7 nitrogen and oxygen atoms in total. The van der Waals surface area contributed by atoms with Gasteiger partial charge in [-0.05, 0) is 88.7 Å². The quantitative estimate of drug-likeness (QED) is 0.398. The summed E-state index contributed by atoms with van der Waals surface area (Å²) in [4.78, 5) is 26.5. The molecular formula is C29H37N5O2. The van der Waals surface area contributed by atoms with Crippen molar-refractivity contribution in [3.63, 3.8) is 0 Å². The molecule has 3 aromatic rings. The Hall–Kier alpha value is -3.19. The molecule has 36 heavy (non-hydrogen) atoms.